The van der Waals surface area contributed by atoms with Gasteiger partial charge in [-0.25, -0.2) is 4.98 Å². The number of imide groups is 1. The molecule has 3 aliphatic rings. The summed E-state index contributed by atoms with van der Waals surface area (Å²) in [6.07, 6.45) is 4.56. The van der Waals surface area contributed by atoms with Crippen molar-refractivity contribution in [1.29, 1.82) is 0 Å². The van der Waals surface area contributed by atoms with Gasteiger partial charge in [0.2, 0.25) is 11.8 Å². The smallest absolute Gasteiger partial charge is 0.256 e. The molecule has 3 N–H and O–H groups in total. The van der Waals surface area contributed by atoms with Crippen LogP contribution in [0.25, 0.3) is 10.9 Å². The lowest BCUT2D eigenvalue weighted by Gasteiger charge is -2.29. The lowest BCUT2D eigenvalue weighted by Crippen LogP contribution is -2.52. The third kappa shape index (κ3) is 5.71. The maximum atomic E-state index is 13.1. The molecule has 2 saturated heterocycles. The Labute approximate surface area is 265 Å². The van der Waals surface area contributed by atoms with Crippen molar-refractivity contribution in [3.8, 4) is 17.6 Å². The fourth-order valence-electron chi connectivity index (χ4n) is 6.47. The molecule has 4 amide bonds. The number of aromatic nitrogens is 2. The summed E-state index contributed by atoms with van der Waals surface area (Å²) in [5.74, 6) is 5.68. The van der Waals surface area contributed by atoms with E-state index in [1.165, 1.54) is 11.3 Å². The number of fused-ring (bicyclic) bond motifs is 2. The number of piperidine rings is 1. The molecule has 0 spiro atoms. The summed E-state index contributed by atoms with van der Waals surface area (Å²) in [6, 6.07) is 15.8. The van der Waals surface area contributed by atoms with Gasteiger partial charge in [0, 0.05) is 59.0 Å². The molecular formula is C35H32N6O5. The van der Waals surface area contributed by atoms with Crippen LogP contribution in [0.2, 0.25) is 0 Å². The molecule has 2 aromatic carbocycles. The Morgan fingerprint density at radius 2 is 1.96 bits per heavy atom. The lowest BCUT2D eigenvalue weighted by molar-refractivity contribution is -0.136. The highest BCUT2D eigenvalue weighted by Crippen LogP contribution is 2.32. The molecule has 7 rings (SSSR count). The molecule has 3 aliphatic heterocycles. The summed E-state index contributed by atoms with van der Waals surface area (Å²) in [5.41, 5.74) is 4.42. The summed E-state index contributed by atoms with van der Waals surface area (Å²) >= 11 is 0. The SMILES string of the molecule is CN1CCC[C@@H]1c1cc2cnc(NC(=O)c3cccc(OCC#Cc4cccc5c4CN(C4CCC(=O)NC4=O)C5=O)c3)cc2[nH]1. The molecule has 5 heterocycles. The van der Waals surface area contributed by atoms with Crippen molar-refractivity contribution in [1.82, 2.24) is 25.1 Å². The number of hydrogen-bond acceptors (Lipinski definition) is 7. The van der Waals surface area contributed by atoms with Gasteiger partial charge in [0.1, 0.15) is 24.2 Å². The first kappa shape index (κ1) is 29.3. The van der Waals surface area contributed by atoms with E-state index in [4.69, 9.17) is 4.74 Å². The molecular weight excluding hydrogens is 584 g/mol. The number of nitrogens with zero attached hydrogens (tertiary/aromatic N) is 3. The number of aromatic amines is 1. The molecule has 11 nitrogen and oxygen atoms in total. The van der Waals surface area contributed by atoms with Crippen molar-refractivity contribution in [3.63, 3.8) is 0 Å². The number of nitrogens with one attached hydrogen (secondary N) is 3. The van der Waals surface area contributed by atoms with Gasteiger partial charge < -0.3 is 19.9 Å². The van der Waals surface area contributed by atoms with E-state index in [-0.39, 0.29) is 37.3 Å². The summed E-state index contributed by atoms with van der Waals surface area (Å²) in [6.45, 7) is 1.38. The Kier molecular flexibility index (Phi) is 7.72. The zero-order valence-corrected chi connectivity index (χ0v) is 25.3. The van der Waals surface area contributed by atoms with Crippen LogP contribution in [0.1, 0.15) is 69.3 Å². The number of hydrogen-bond donors (Lipinski definition) is 3. The van der Waals surface area contributed by atoms with E-state index in [0.29, 0.717) is 40.7 Å². The number of carbonyl (C=O) groups is 4. The summed E-state index contributed by atoms with van der Waals surface area (Å²) < 4.78 is 5.83. The lowest BCUT2D eigenvalue weighted by atomic mass is 10.0. The van der Waals surface area contributed by atoms with Crippen molar-refractivity contribution < 1.29 is 23.9 Å². The molecule has 0 bridgehead atoms. The van der Waals surface area contributed by atoms with Crippen molar-refractivity contribution in [2.24, 2.45) is 0 Å². The van der Waals surface area contributed by atoms with Crippen molar-refractivity contribution in [2.75, 3.05) is 25.5 Å². The van der Waals surface area contributed by atoms with E-state index in [0.717, 1.165) is 35.1 Å². The van der Waals surface area contributed by atoms with Gasteiger partial charge in [0.25, 0.3) is 11.8 Å². The fourth-order valence-corrected chi connectivity index (χ4v) is 6.47. The number of pyridine rings is 1. The third-order valence-electron chi connectivity index (χ3n) is 8.86. The highest BCUT2D eigenvalue weighted by atomic mass is 16.5. The molecule has 232 valence electrons. The molecule has 2 fully saturated rings. The minimum Gasteiger partial charge on any atom is -0.481 e. The quantitative estimate of drug-likeness (QED) is 0.222. The zero-order valence-electron chi connectivity index (χ0n) is 25.3. The van der Waals surface area contributed by atoms with Crippen LogP contribution in [0.5, 0.6) is 5.75 Å². The van der Waals surface area contributed by atoms with Crippen LogP contribution >= 0.6 is 0 Å². The highest BCUT2D eigenvalue weighted by molar-refractivity contribution is 6.06. The van der Waals surface area contributed by atoms with Crippen LogP contribution < -0.4 is 15.4 Å². The molecule has 0 saturated carbocycles. The number of ether oxygens (including phenoxy) is 1. The van der Waals surface area contributed by atoms with E-state index in [2.05, 4.69) is 50.5 Å². The maximum Gasteiger partial charge on any atom is 0.256 e. The molecule has 0 radical (unpaired) electrons. The van der Waals surface area contributed by atoms with E-state index < -0.39 is 11.9 Å². The fraction of sp³-hybridized carbons (Fsp3) is 0.286. The average Bonchev–Trinajstić information content (AvgIpc) is 3.76. The van der Waals surface area contributed by atoms with Gasteiger partial charge in [-0.2, -0.15) is 0 Å². The normalized spacial score (nSPS) is 19.5. The number of rotatable bonds is 6. The van der Waals surface area contributed by atoms with Gasteiger partial charge in [0.05, 0.1) is 5.52 Å². The average molecular weight is 617 g/mol. The second kappa shape index (κ2) is 12.1. The Morgan fingerprint density at radius 3 is 2.78 bits per heavy atom. The first-order chi connectivity index (χ1) is 22.3. The van der Waals surface area contributed by atoms with Crippen molar-refractivity contribution in [2.45, 2.75) is 44.3 Å². The second-order valence-electron chi connectivity index (χ2n) is 11.8. The molecule has 0 aliphatic carbocycles. The number of H-pyrrole nitrogens is 1. The van der Waals surface area contributed by atoms with Crippen LogP contribution in [-0.2, 0) is 16.1 Å². The molecule has 46 heavy (non-hydrogen) atoms. The number of anilines is 1. The minimum absolute atomic E-state index is 0.0586. The van der Waals surface area contributed by atoms with E-state index in [9.17, 15) is 19.2 Å². The van der Waals surface area contributed by atoms with E-state index in [1.807, 2.05) is 12.1 Å². The molecule has 1 unspecified atom stereocenters. The molecule has 4 aromatic rings. The topological polar surface area (TPSA) is 137 Å². The van der Waals surface area contributed by atoms with Gasteiger partial charge >= 0.3 is 0 Å². The summed E-state index contributed by atoms with van der Waals surface area (Å²) in [7, 11) is 2.13. The van der Waals surface area contributed by atoms with Crippen molar-refractivity contribution in [3.05, 3.63) is 88.7 Å². The van der Waals surface area contributed by atoms with Gasteiger partial charge in [-0.15, -0.1) is 0 Å². The predicted octanol–water partition coefficient (Wildman–Crippen LogP) is 3.77. The Balaban J connectivity index is 0.982. The zero-order chi connectivity index (χ0) is 31.8. The Morgan fingerprint density at radius 1 is 1.09 bits per heavy atom. The highest BCUT2D eigenvalue weighted by Gasteiger charge is 2.39. The predicted molar refractivity (Wildman–Crippen MR) is 170 cm³/mol. The third-order valence-corrected chi connectivity index (χ3v) is 8.86. The first-order valence-electron chi connectivity index (χ1n) is 15.3. The summed E-state index contributed by atoms with van der Waals surface area (Å²) in [4.78, 5) is 61.8. The molecule has 2 aromatic heterocycles. The van der Waals surface area contributed by atoms with Gasteiger partial charge in [0.15, 0.2) is 0 Å². The number of carbonyl (C=O) groups excluding carboxylic acids is 4. The Bertz CT molecular complexity index is 1960. The Hall–Kier alpha value is -5.47. The number of amides is 4. The van der Waals surface area contributed by atoms with Crippen LogP contribution in [0.15, 0.2) is 60.8 Å². The van der Waals surface area contributed by atoms with E-state index in [1.54, 1.807) is 42.6 Å². The van der Waals surface area contributed by atoms with E-state index >= 15 is 0 Å². The van der Waals surface area contributed by atoms with Crippen LogP contribution in [0.3, 0.4) is 0 Å². The largest absolute Gasteiger partial charge is 0.481 e. The monoisotopic (exact) mass is 616 g/mol. The first-order valence-corrected chi connectivity index (χ1v) is 15.3. The van der Waals surface area contributed by atoms with Crippen LogP contribution in [0, 0.1) is 11.8 Å². The maximum absolute atomic E-state index is 13.1. The van der Waals surface area contributed by atoms with Crippen LogP contribution in [-0.4, -0.2) is 69.6 Å². The number of benzene rings is 2. The number of likely N-dealkylation sites (tertiary alicyclic amines) is 1. The van der Waals surface area contributed by atoms with Gasteiger partial charge in [-0.05, 0) is 74.8 Å². The van der Waals surface area contributed by atoms with Crippen LogP contribution in [0.4, 0.5) is 5.82 Å². The standard InChI is InChI=1S/C35H32N6O5/c1-40-14-4-11-29(40)28-17-23-19-36-31(18-27(23)37-28)38-33(43)22-7-2-9-24(16-22)46-15-5-8-21-6-3-10-25-26(21)20-41(35(25)45)30-12-13-32(42)39-34(30)44/h2-3,6-7,9-10,16-19,29-30,37H,4,11-15,20H2,1H3,(H,36,38,43)(H,39,42,44)/t29-,30?/m1/s1. The molecule has 2 atom stereocenters. The second-order valence-corrected chi connectivity index (χ2v) is 11.8. The van der Waals surface area contributed by atoms with Gasteiger partial charge in [-0.1, -0.05) is 24.0 Å². The van der Waals surface area contributed by atoms with Crippen molar-refractivity contribution >= 4 is 40.3 Å². The van der Waals surface area contributed by atoms with Gasteiger partial charge in [-0.3, -0.25) is 29.4 Å². The minimum atomic E-state index is -0.685. The molecule has 11 heteroatoms. The summed E-state index contributed by atoms with van der Waals surface area (Å²) in [5, 5.41) is 6.20.